The van der Waals surface area contributed by atoms with Gasteiger partial charge in [-0.2, -0.15) is 0 Å². The minimum Gasteiger partial charge on any atom is -0.387 e. The molecule has 0 saturated carbocycles. The average Bonchev–Trinajstić information content (AvgIpc) is 2.16. The van der Waals surface area contributed by atoms with Crippen molar-refractivity contribution in [1.29, 1.82) is 0 Å². The van der Waals surface area contributed by atoms with Crippen LogP contribution in [0, 0.1) is 6.92 Å². The van der Waals surface area contributed by atoms with Gasteiger partial charge in [-0.15, -0.1) is 0 Å². The third-order valence-corrected chi connectivity index (χ3v) is 5.14. The molecule has 0 aliphatic heterocycles. The number of benzene rings is 1. The molecule has 0 saturated heterocycles. The van der Waals surface area contributed by atoms with E-state index < -0.39 is 20.7 Å². The van der Waals surface area contributed by atoms with Crippen molar-refractivity contribution >= 4 is 9.84 Å². The van der Waals surface area contributed by atoms with Crippen LogP contribution in [0.1, 0.15) is 31.1 Å². The zero-order chi connectivity index (χ0) is 12.6. The summed E-state index contributed by atoms with van der Waals surface area (Å²) in [5.74, 6) is 0. The standard InChI is InChI=1S/C12H18O3S/c1-9-5-7-10(8-6-9)11(13)12(2,3)16(4,14)15/h5-8,11,13H,1-4H3. The Morgan fingerprint density at radius 3 is 2.00 bits per heavy atom. The van der Waals surface area contributed by atoms with Crippen LogP contribution < -0.4 is 0 Å². The second-order valence-corrected chi connectivity index (χ2v) is 7.29. The molecule has 90 valence electrons. The number of aliphatic hydroxyl groups excluding tert-OH is 1. The second-order valence-electron chi connectivity index (χ2n) is 4.69. The van der Waals surface area contributed by atoms with Crippen molar-refractivity contribution in [3.63, 3.8) is 0 Å². The summed E-state index contributed by atoms with van der Waals surface area (Å²) in [6.07, 6.45) is 0.132. The molecule has 1 N–H and O–H groups in total. The molecule has 0 aromatic heterocycles. The molecule has 1 aromatic carbocycles. The predicted molar refractivity (Wildman–Crippen MR) is 65.1 cm³/mol. The molecule has 0 heterocycles. The van der Waals surface area contributed by atoms with E-state index in [0.717, 1.165) is 11.8 Å². The Hall–Kier alpha value is -0.870. The van der Waals surface area contributed by atoms with Gasteiger partial charge >= 0.3 is 0 Å². The van der Waals surface area contributed by atoms with Gasteiger partial charge in [0.15, 0.2) is 9.84 Å². The van der Waals surface area contributed by atoms with E-state index in [-0.39, 0.29) is 0 Å². The van der Waals surface area contributed by atoms with Crippen molar-refractivity contribution in [2.24, 2.45) is 0 Å². The molecule has 0 aliphatic rings. The van der Waals surface area contributed by atoms with Crippen LogP contribution in [-0.2, 0) is 9.84 Å². The maximum Gasteiger partial charge on any atom is 0.155 e. The molecule has 0 bridgehead atoms. The maximum atomic E-state index is 11.6. The van der Waals surface area contributed by atoms with Crippen LogP contribution in [-0.4, -0.2) is 24.5 Å². The quantitative estimate of drug-likeness (QED) is 0.880. The third kappa shape index (κ3) is 2.44. The average molecular weight is 242 g/mol. The Labute approximate surface area is 97.0 Å². The first-order chi connectivity index (χ1) is 7.16. The molecule has 1 atom stereocenters. The zero-order valence-corrected chi connectivity index (χ0v) is 10.9. The highest BCUT2D eigenvalue weighted by molar-refractivity contribution is 7.92. The SMILES string of the molecule is Cc1ccc(C(O)C(C)(C)S(C)(=O)=O)cc1. The van der Waals surface area contributed by atoms with E-state index >= 15 is 0 Å². The molecule has 1 rings (SSSR count). The van der Waals surface area contributed by atoms with Crippen LogP contribution in [0.2, 0.25) is 0 Å². The molecule has 0 amide bonds. The summed E-state index contributed by atoms with van der Waals surface area (Å²) in [6.45, 7) is 5.01. The van der Waals surface area contributed by atoms with Crippen molar-refractivity contribution in [3.05, 3.63) is 35.4 Å². The Kier molecular flexibility index (Phi) is 3.45. The molecule has 16 heavy (non-hydrogen) atoms. The van der Waals surface area contributed by atoms with Gasteiger partial charge in [0.05, 0.1) is 10.9 Å². The smallest absolute Gasteiger partial charge is 0.155 e. The molecule has 3 nitrogen and oxygen atoms in total. The van der Waals surface area contributed by atoms with E-state index in [4.69, 9.17) is 0 Å². The van der Waals surface area contributed by atoms with E-state index in [2.05, 4.69) is 0 Å². The maximum absolute atomic E-state index is 11.6. The van der Waals surface area contributed by atoms with Crippen molar-refractivity contribution in [2.75, 3.05) is 6.26 Å². The summed E-state index contributed by atoms with van der Waals surface area (Å²) in [6, 6.07) is 7.23. The van der Waals surface area contributed by atoms with E-state index in [1.165, 1.54) is 13.8 Å². The van der Waals surface area contributed by atoms with Crippen molar-refractivity contribution in [3.8, 4) is 0 Å². The van der Waals surface area contributed by atoms with Gasteiger partial charge in [-0.05, 0) is 26.3 Å². The Morgan fingerprint density at radius 1 is 1.19 bits per heavy atom. The molecular formula is C12H18O3S. The van der Waals surface area contributed by atoms with Crippen LogP contribution in [0.15, 0.2) is 24.3 Å². The molecule has 0 spiro atoms. The molecule has 1 unspecified atom stereocenters. The summed E-state index contributed by atoms with van der Waals surface area (Å²) in [7, 11) is -3.31. The highest BCUT2D eigenvalue weighted by Crippen LogP contribution is 2.31. The number of aliphatic hydroxyl groups is 1. The Bertz CT molecular complexity index is 458. The van der Waals surface area contributed by atoms with Gasteiger partial charge in [0.1, 0.15) is 0 Å². The Morgan fingerprint density at radius 2 is 1.62 bits per heavy atom. The van der Waals surface area contributed by atoms with Gasteiger partial charge in [0.2, 0.25) is 0 Å². The van der Waals surface area contributed by atoms with Gasteiger partial charge in [-0.1, -0.05) is 29.8 Å². The van der Waals surface area contributed by atoms with Gasteiger partial charge < -0.3 is 5.11 Å². The summed E-state index contributed by atoms with van der Waals surface area (Å²) in [5, 5.41) is 10.1. The lowest BCUT2D eigenvalue weighted by atomic mass is 9.97. The van der Waals surface area contributed by atoms with E-state index in [9.17, 15) is 13.5 Å². The molecule has 1 aromatic rings. The third-order valence-electron chi connectivity index (χ3n) is 3.01. The first kappa shape index (κ1) is 13.2. The van der Waals surface area contributed by atoms with Crippen molar-refractivity contribution in [1.82, 2.24) is 0 Å². The van der Waals surface area contributed by atoms with Crippen molar-refractivity contribution < 1.29 is 13.5 Å². The van der Waals surface area contributed by atoms with E-state index in [1.54, 1.807) is 12.1 Å². The molecule has 0 fully saturated rings. The van der Waals surface area contributed by atoms with Crippen LogP contribution >= 0.6 is 0 Å². The predicted octanol–water partition coefficient (Wildman–Crippen LogP) is 1.85. The summed E-state index contributed by atoms with van der Waals surface area (Å²) < 4.78 is 22.0. The number of rotatable bonds is 3. The number of hydrogen-bond acceptors (Lipinski definition) is 3. The zero-order valence-electron chi connectivity index (χ0n) is 10.1. The highest BCUT2D eigenvalue weighted by Gasteiger charge is 2.38. The molecule has 4 heteroatoms. The minimum atomic E-state index is -3.31. The normalized spacial score (nSPS) is 14.8. The lowest BCUT2D eigenvalue weighted by Crippen LogP contribution is -2.37. The molecular weight excluding hydrogens is 224 g/mol. The van der Waals surface area contributed by atoms with E-state index in [0.29, 0.717) is 5.56 Å². The van der Waals surface area contributed by atoms with Crippen LogP contribution in [0.3, 0.4) is 0 Å². The van der Waals surface area contributed by atoms with Crippen LogP contribution in [0.25, 0.3) is 0 Å². The fourth-order valence-corrected chi connectivity index (χ4v) is 1.89. The van der Waals surface area contributed by atoms with Gasteiger partial charge in [0.25, 0.3) is 0 Å². The first-order valence-corrected chi connectivity index (χ1v) is 6.99. The van der Waals surface area contributed by atoms with Gasteiger partial charge in [-0.25, -0.2) is 8.42 Å². The number of aryl methyl sites for hydroxylation is 1. The number of sulfone groups is 1. The molecule has 0 aliphatic carbocycles. The highest BCUT2D eigenvalue weighted by atomic mass is 32.2. The fraction of sp³-hybridized carbons (Fsp3) is 0.500. The largest absolute Gasteiger partial charge is 0.387 e. The summed E-state index contributed by atoms with van der Waals surface area (Å²) in [4.78, 5) is 0. The summed E-state index contributed by atoms with van der Waals surface area (Å²) in [5.41, 5.74) is 1.70. The van der Waals surface area contributed by atoms with E-state index in [1.807, 2.05) is 19.1 Å². The molecule has 0 radical (unpaired) electrons. The van der Waals surface area contributed by atoms with Crippen LogP contribution in [0.5, 0.6) is 0 Å². The Balaban J connectivity index is 3.12. The number of hydrogen-bond donors (Lipinski definition) is 1. The van der Waals surface area contributed by atoms with Gasteiger partial charge in [0, 0.05) is 6.26 Å². The minimum absolute atomic E-state index is 0.626. The fourth-order valence-electron chi connectivity index (χ4n) is 1.35. The first-order valence-electron chi connectivity index (χ1n) is 5.10. The monoisotopic (exact) mass is 242 g/mol. The lowest BCUT2D eigenvalue weighted by Gasteiger charge is -2.28. The topological polar surface area (TPSA) is 54.4 Å². The van der Waals surface area contributed by atoms with Crippen molar-refractivity contribution in [2.45, 2.75) is 31.6 Å². The summed E-state index contributed by atoms with van der Waals surface area (Å²) >= 11 is 0. The second kappa shape index (κ2) is 4.18. The van der Waals surface area contributed by atoms with Gasteiger partial charge in [-0.3, -0.25) is 0 Å². The van der Waals surface area contributed by atoms with Crippen LogP contribution in [0.4, 0.5) is 0 Å². The lowest BCUT2D eigenvalue weighted by molar-refractivity contribution is 0.139.